The van der Waals surface area contributed by atoms with Gasteiger partial charge < -0.3 is 4.90 Å². The Hall–Kier alpha value is -1.84. The van der Waals surface area contributed by atoms with Gasteiger partial charge in [0.15, 0.2) is 0 Å². The van der Waals surface area contributed by atoms with Gasteiger partial charge in [-0.15, -0.1) is 0 Å². The molecule has 4 nitrogen and oxygen atoms in total. The van der Waals surface area contributed by atoms with Crippen molar-refractivity contribution in [2.45, 2.75) is 44.7 Å². The predicted molar refractivity (Wildman–Crippen MR) is 75.9 cm³/mol. The molecule has 106 valence electrons. The molecule has 3 amide bonds. The summed E-state index contributed by atoms with van der Waals surface area (Å²) in [6.07, 6.45) is 3.56. The number of carbonyl (C=O) groups is 2. The van der Waals surface area contributed by atoms with Gasteiger partial charge >= 0.3 is 6.03 Å². The van der Waals surface area contributed by atoms with E-state index in [2.05, 4.69) is 12.2 Å². The summed E-state index contributed by atoms with van der Waals surface area (Å²) in [6.45, 7) is 2.72. The number of urea groups is 1. The highest BCUT2D eigenvalue weighted by Crippen LogP contribution is 2.40. The van der Waals surface area contributed by atoms with Crippen LogP contribution in [0.25, 0.3) is 0 Å². The predicted octanol–water partition coefficient (Wildman–Crippen LogP) is 2.69. The SMILES string of the molecule is CC1CCC2(CC1)C(=O)NC(=O)N2Cc1ccccc1. The van der Waals surface area contributed by atoms with Crippen LogP contribution in [0.3, 0.4) is 0 Å². The number of hydrogen-bond donors (Lipinski definition) is 1. The van der Waals surface area contributed by atoms with Gasteiger partial charge in [0, 0.05) is 6.54 Å². The lowest BCUT2D eigenvalue weighted by Crippen LogP contribution is -2.51. The van der Waals surface area contributed by atoms with Crippen molar-refractivity contribution in [2.24, 2.45) is 5.92 Å². The first kappa shape index (κ1) is 13.2. The van der Waals surface area contributed by atoms with E-state index in [0.717, 1.165) is 31.2 Å². The Balaban J connectivity index is 1.87. The second kappa shape index (κ2) is 4.93. The second-order valence-electron chi connectivity index (χ2n) is 6.05. The fourth-order valence-corrected chi connectivity index (χ4v) is 3.32. The molecule has 0 unspecified atom stereocenters. The first-order valence-electron chi connectivity index (χ1n) is 7.29. The molecular weight excluding hydrogens is 252 g/mol. The Labute approximate surface area is 119 Å². The molecule has 0 radical (unpaired) electrons. The zero-order valence-corrected chi connectivity index (χ0v) is 11.8. The summed E-state index contributed by atoms with van der Waals surface area (Å²) in [4.78, 5) is 26.2. The molecule has 1 aliphatic carbocycles. The van der Waals surface area contributed by atoms with Crippen molar-refractivity contribution in [3.05, 3.63) is 35.9 Å². The van der Waals surface area contributed by atoms with Crippen molar-refractivity contribution in [2.75, 3.05) is 0 Å². The monoisotopic (exact) mass is 272 g/mol. The first-order valence-corrected chi connectivity index (χ1v) is 7.29. The Morgan fingerprint density at radius 1 is 1.20 bits per heavy atom. The van der Waals surface area contributed by atoms with Gasteiger partial charge in [-0.2, -0.15) is 0 Å². The molecule has 2 fully saturated rings. The van der Waals surface area contributed by atoms with Crippen LogP contribution in [0.5, 0.6) is 0 Å². The lowest BCUT2D eigenvalue weighted by atomic mass is 9.76. The Morgan fingerprint density at radius 2 is 1.85 bits per heavy atom. The van der Waals surface area contributed by atoms with Crippen molar-refractivity contribution < 1.29 is 9.59 Å². The van der Waals surface area contributed by atoms with Gasteiger partial charge in [0.1, 0.15) is 5.54 Å². The largest absolute Gasteiger partial charge is 0.325 e. The first-order chi connectivity index (χ1) is 9.62. The molecule has 4 heteroatoms. The van der Waals surface area contributed by atoms with Crippen molar-refractivity contribution in [1.82, 2.24) is 10.2 Å². The fourth-order valence-electron chi connectivity index (χ4n) is 3.32. The maximum atomic E-state index is 12.3. The average molecular weight is 272 g/mol. The minimum atomic E-state index is -0.612. The van der Waals surface area contributed by atoms with Crippen molar-refractivity contribution in [3.63, 3.8) is 0 Å². The molecular formula is C16H20N2O2. The van der Waals surface area contributed by atoms with Crippen LogP contribution in [0.15, 0.2) is 30.3 Å². The summed E-state index contributed by atoms with van der Waals surface area (Å²) in [5, 5.41) is 2.51. The van der Waals surface area contributed by atoms with E-state index < -0.39 is 5.54 Å². The lowest BCUT2D eigenvalue weighted by Gasteiger charge is -2.40. The molecule has 1 saturated heterocycles. The standard InChI is InChI=1S/C16H20N2O2/c1-12-7-9-16(10-8-12)14(19)17-15(20)18(16)11-13-5-3-2-4-6-13/h2-6,12H,7-11H2,1H3,(H,17,19,20). The number of nitrogens with one attached hydrogen (secondary N) is 1. The third kappa shape index (κ3) is 2.09. The zero-order chi connectivity index (χ0) is 14.2. The minimum absolute atomic E-state index is 0.106. The molecule has 1 saturated carbocycles. The Bertz CT molecular complexity index is 519. The smallest absolute Gasteiger partial charge is 0.305 e. The molecule has 2 aliphatic rings. The quantitative estimate of drug-likeness (QED) is 0.841. The Kier molecular flexibility index (Phi) is 3.24. The average Bonchev–Trinajstić information content (AvgIpc) is 2.68. The van der Waals surface area contributed by atoms with Crippen LogP contribution >= 0.6 is 0 Å². The van der Waals surface area contributed by atoms with E-state index in [9.17, 15) is 9.59 Å². The summed E-state index contributed by atoms with van der Waals surface area (Å²) in [7, 11) is 0. The number of rotatable bonds is 2. The maximum absolute atomic E-state index is 12.3. The zero-order valence-electron chi connectivity index (χ0n) is 11.8. The minimum Gasteiger partial charge on any atom is -0.305 e. The van der Waals surface area contributed by atoms with E-state index in [1.165, 1.54) is 0 Å². The molecule has 0 atom stereocenters. The molecule has 20 heavy (non-hydrogen) atoms. The highest BCUT2D eigenvalue weighted by atomic mass is 16.2. The molecule has 3 rings (SSSR count). The highest BCUT2D eigenvalue weighted by molar-refractivity contribution is 6.07. The van der Waals surface area contributed by atoms with Crippen LogP contribution in [-0.4, -0.2) is 22.4 Å². The number of amides is 3. The summed E-state index contributed by atoms with van der Waals surface area (Å²) >= 11 is 0. The van der Waals surface area contributed by atoms with Crippen molar-refractivity contribution >= 4 is 11.9 Å². The van der Waals surface area contributed by atoms with Crippen LogP contribution in [0.2, 0.25) is 0 Å². The molecule has 1 heterocycles. The molecule has 0 bridgehead atoms. The van der Waals surface area contributed by atoms with Crippen LogP contribution < -0.4 is 5.32 Å². The van der Waals surface area contributed by atoms with Gasteiger partial charge in [-0.05, 0) is 37.2 Å². The molecule has 1 aromatic rings. The van der Waals surface area contributed by atoms with Gasteiger partial charge in [-0.1, -0.05) is 37.3 Å². The van der Waals surface area contributed by atoms with Gasteiger partial charge in [0.05, 0.1) is 0 Å². The van der Waals surface area contributed by atoms with Gasteiger partial charge in [-0.25, -0.2) is 4.79 Å². The lowest BCUT2D eigenvalue weighted by molar-refractivity contribution is -0.128. The number of carbonyl (C=O) groups excluding carboxylic acids is 2. The van der Waals surface area contributed by atoms with E-state index in [1.54, 1.807) is 4.90 Å². The number of imide groups is 1. The summed E-state index contributed by atoms with van der Waals surface area (Å²) in [5.74, 6) is 0.535. The van der Waals surface area contributed by atoms with E-state index >= 15 is 0 Å². The highest BCUT2D eigenvalue weighted by Gasteiger charge is 2.53. The second-order valence-corrected chi connectivity index (χ2v) is 6.05. The summed E-state index contributed by atoms with van der Waals surface area (Å²) in [5.41, 5.74) is 0.453. The number of benzene rings is 1. The third-order valence-corrected chi connectivity index (χ3v) is 4.69. The molecule has 1 spiro atoms. The van der Waals surface area contributed by atoms with Gasteiger partial charge in [0.2, 0.25) is 0 Å². The van der Waals surface area contributed by atoms with E-state index in [1.807, 2.05) is 30.3 Å². The van der Waals surface area contributed by atoms with Crippen LogP contribution in [-0.2, 0) is 11.3 Å². The van der Waals surface area contributed by atoms with Crippen LogP contribution in [0.4, 0.5) is 4.79 Å². The van der Waals surface area contributed by atoms with Gasteiger partial charge in [-0.3, -0.25) is 10.1 Å². The topological polar surface area (TPSA) is 49.4 Å². The van der Waals surface area contributed by atoms with Gasteiger partial charge in [0.25, 0.3) is 5.91 Å². The number of hydrogen-bond acceptors (Lipinski definition) is 2. The normalized spacial score (nSPS) is 29.9. The third-order valence-electron chi connectivity index (χ3n) is 4.69. The van der Waals surface area contributed by atoms with E-state index in [0.29, 0.717) is 12.5 Å². The van der Waals surface area contributed by atoms with Crippen LogP contribution in [0.1, 0.15) is 38.2 Å². The fraction of sp³-hybridized carbons (Fsp3) is 0.500. The molecule has 1 N–H and O–H groups in total. The Morgan fingerprint density at radius 3 is 2.50 bits per heavy atom. The van der Waals surface area contributed by atoms with Crippen molar-refractivity contribution in [1.29, 1.82) is 0 Å². The molecule has 1 aliphatic heterocycles. The van der Waals surface area contributed by atoms with Crippen molar-refractivity contribution in [3.8, 4) is 0 Å². The summed E-state index contributed by atoms with van der Waals surface area (Å²) < 4.78 is 0. The maximum Gasteiger partial charge on any atom is 0.325 e. The van der Waals surface area contributed by atoms with E-state index in [-0.39, 0.29) is 11.9 Å². The van der Waals surface area contributed by atoms with Crippen LogP contribution in [0, 0.1) is 5.92 Å². The molecule has 1 aromatic carbocycles. The molecule has 0 aromatic heterocycles. The van der Waals surface area contributed by atoms with E-state index in [4.69, 9.17) is 0 Å². The summed E-state index contributed by atoms with van der Waals surface area (Å²) in [6, 6.07) is 9.62. The number of nitrogens with zero attached hydrogens (tertiary/aromatic N) is 1.